The van der Waals surface area contributed by atoms with Gasteiger partial charge in [0.05, 0.1) is 6.04 Å². The molecule has 1 aromatic heterocycles. The normalized spacial score (nSPS) is 26.6. The molecule has 3 fully saturated rings. The Morgan fingerprint density at radius 3 is 2.71 bits per heavy atom. The monoisotopic (exact) mass is 503 g/mol. The number of aliphatic hydroxyl groups excluding tert-OH is 1. The van der Waals surface area contributed by atoms with Gasteiger partial charge in [-0.05, 0) is 81.5 Å². The second kappa shape index (κ2) is 10.2. The second-order valence-electron chi connectivity index (χ2n) is 10.5. The summed E-state index contributed by atoms with van der Waals surface area (Å²) in [6.07, 6.45) is 6.87. The van der Waals surface area contributed by atoms with Crippen LogP contribution in [0.1, 0.15) is 49.8 Å². The number of piperidine rings is 1. The number of anilines is 2. The number of benzene rings is 1. The fraction of sp³-hybridized carbons (Fsp3) is 0.615. The third-order valence-corrected chi connectivity index (χ3v) is 8.64. The molecule has 0 bridgehead atoms. The summed E-state index contributed by atoms with van der Waals surface area (Å²) in [7, 11) is 0. The van der Waals surface area contributed by atoms with E-state index in [9.17, 15) is 5.11 Å². The number of aryl methyl sites for hydroxylation is 1. The molecule has 1 unspecified atom stereocenters. The summed E-state index contributed by atoms with van der Waals surface area (Å²) >= 11 is 12.5. The van der Waals surface area contributed by atoms with E-state index in [1.54, 1.807) is 6.07 Å². The lowest BCUT2D eigenvalue weighted by Gasteiger charge is -2.50. The van der Waals surface area contributed by atoms with Gasteiger partial charge in [0.1, 0.15) is 5.82 Å². The Labute approximate surface area is 212 Å². The smallest absolute Gasteiger partial charge is 0.227 e. The molecular formula is C26H35Cl2N5O. The van der Waals surface area contributed by atoms with E-state index in [1.165, 1.54) is 38.8 Å². The van der Waals surface area contributed by atoms with Gasteiger partial charge in [0.2, 0.25) is 5.95 Å². The van der Waals surface area contributed by atoms with Gasteiger partial charge in [0, 0.05) is 54.1 Å². The molecule has 8 heteroatoms. The maximum absolute atomic E-state index is 9.34. The van der Waals surface area contributed by atoms with E-state index in [4.69, 9.17) is 28.2 Å². The van der Waals surface area contributed by atoms with Crippen molar-refractivity contribution < 1.29 is 5.11 Å². The quantitative estimate of drug-likeness (QED) is 0.542. The molecule has 34 heavy (non-hydrogen) atoms. The van der Waals surface area contributed by atoms with Crippen LogP contribution in [-0.2, 0) is 0 Å². The fourth-order valence-electron chi connectivity index (χ4n) is 5.75. The first-order valence-corrected chi connectivity index (χ1v) is 13.3. The topological polar surface area (TPSA) is 64.5 Å². The van der Waals surface area contributed by atoms with Crippen molar-refractivity contribution in [3.05, 3.63) is 45.6 Å². The highest BCUT2D eigenvalue weighted by molar-refractivity contribution is 6.35. The molecule has 2 N–H and O–H groups in total. The third-order valence-electron chi connectivity index (χ3n) is 8.08. The third kappa shape index (κ3) is 5.01. The molecule has 2 aromatic rings. The van der Waals surface area contributed by atoms with Crippen LogP contribution in [0.25, 0.3) is 0 Å². The molecule has 6 nitrogen and oxygen atoms in total. The number of hydrogen-bond acceptors (Lipinski definition) is 6. The summed E-state index contributed by atoms with van der Waals surface area (Å²) in [5.41, 5.74) is 2.01. The van der Waals surface area contributed by atoms with Crippen LogP contribution in [0, 0.1) is 24.7 Å². The molecule has 3 heterocycles. The minimum Gasteiger partial charge on any atom is -0.396 e. The number of nitrogens with zero attached hydrogens (tertiary/aromatic N) is 4. The van der Waals surface area contributed by atoms with Gasteiger partial charge in [-0.25, -0.2) is 4.98 Å². The Bertz CT molecular complexity index is 1010. The lowest BCUT2D eigenvalue weighted by molar-refractivity contribution is 0.00777. The molecule has 0 amide bonds. The van der Waals surface area contributed by atoms with Crippen LogP contribution >= 0.6 is 23.2 Å². The Morgan fingerprint density at radius 1 is 1.18 bits per heavy atom. The predicted molar refractivity (Wildman–Crippen MR) is 139 cm³/mol. The molecule has 2 aliphatic heterocycles. The average molecular weight is 505 g/mol. The van der Waals surface area contributed by atoms with Crippen molar-refractivity contribution in [1.29, 1.82) is 0 Å². The SMILES string of the molecule is Cc1cnc(N2CC([C@H]3CCCN(C4CC(CO)C4)C3)C2)nc1NC(C)c1ccc(Cl)cc1Cl. The highest BCUT2D eigenvalue weighted by Gasteiger charge is 2.40. The van der Waals surface area contributed by atoms with E-state index in [2.05, 4.69) is 27.0 Å². The molecule has 0 radical (unpaired) electrons. The number of aliphatic hydroxyl groups is 1. The van der Waals surface area contributed by atoms with E-state index < -0.39 is 0 Å². The van der Waals surface area contributed by atoms with Crippen molar-refractivity contribution >= 4 is 35.0 Å². The fourth-order valence-corrected chi connectivity index (χ4v) is 6.32. The standard InChI is InChI=1S/C26H35Cl2N5O/c1-16-11-29-26(31-25(16)30-17(2)23-6-5-21(27)10-24(23)28)33-13-20(14-33)19-4-3-7-32(12-19)22-8-18(9-22)15-34/h5-6,10-11,17-20,22,34H,3-4,7-9,12-15H2,1-2H3,(H,29,30,31)/t17?,18?,19-,22?/m0/s1. The van der Waals surface area contributed by atoms with E-state index in [0.29, 0.717) is 34.5 Å². The summed E-state index contributed by atoms with van der Waals surface area (Å²) in [4.78, 5) is 14.5. The molecule has 184 valence electrons. The highest BCUT2D eigenvalue weighted by atomic mass is 35.5. The van der Waals surface area contributed by atoms with Crippen molar-refractivity contribution in [3.63, 3.8) is 0 Å². The van der Waals surface area contributed by atoms with Gasteiger partial charge in [0.15, 0.2) is 0 Å². The zero-order chi connectivity index (χ0) is 23.8. The van der Waals surface area contributed by atoms with Gasteiger partial charge in [-0.3, -0.25) is 0 Å². The van der Waals surface area contributed by atoms with E-state index >= 15 is 0 Å². The zero-order valence-corrected chi connectivity index (χ0v) is 21.6. The van der Waals surface area contributed by atoms with Gasteiger partial charge >= 0.3 is 0 Å². The average Bonchev–Trinajstić information content (AvgIpc) is 2.74. The Hall–Kier alpha value is -1.60. The molecular weight excluding hydrogens is 469 g/mol. The maximum atomic E-state index is 9.34. The first kappa shape index (κ1) is 24.1. The minimum absolute atomic E-state index is 0.000476. The molecule has 2 saturated heterocycles. The van der Waals surface area contributed by atoms with Crippen LogP contribution in [0.4, 0.5) is 11.8 Å². The van der Waals surface area contributed by atoms with Gasteiger partial charge < -0.3 is 20.2 Å². The maximum Gasteiger partial charge on any atom is 0.227 e. The number of nitrogens with one attached hydrogen (secondary N) is 1. The van der Waals surface area contributed by atoms with Crippen LogP contribution in [0.15, 0.2) is 24.4 Å². The van der Waals surface area contributed by atoms with Crippen molar-refractivity contribution in [1.82, 2.24) is 14.9 Å². The summed E-state index contributed by atoms with van der Waals surface area (Å²) in [6, 6.07) is 6.29. The van der Waals surface area contributed by atoms with E-state index in [0.717, 1.165) is 41.9 Å². The van der Waals surface area contributed by atoms with Crippen LogP contribution in [-0.4, -0.2) is 58.8 Å². The molecule has 2 atom stereocenters. The highest BCUT2D eigenvalue weighted by Crippen LogP contribution is 2.38. The minimum atomic E-state index is 0.000476. The first-order chi connectivity index (χ1) is 16.4. The Balaban J connectivity index is 1.18. The zero-order valence-electron chi connectivity index (χ0n) is 20.1. The number of rotatable bonds is 7. The van der Waals surface area contributed by atoms with Gasteiger partial charge in [0.25, 0.3) is 0 Å². The first-order valence-electron chi connectivity index (χ1n) is 12.6. The molecule has 0 spiro atoms. The number of likely N-dealkylation sites (tertiary alicyclic amines) is 1. The summed E-state index contributed by atoms with van der Waals surface area (Å²) in [5.74, 6) is 3.65. The lowest BCUT2D eigenvalue weighted by atomic mass is 9.76. The summed E-state index contributed by atoms with van der Waals surface area (Å²) in [6.45, 7) is 8.95. The molecule has 5 rings (SSSR count). The largest absolute Gasteiger partial charge is 0.396 e. The van der Waals surface area contributed by atoms with Gasteiger partial charge in [-0.2, -0.15) is 4.98 Å². The van der Waals surface area contributed by atoms with Crippen molar-refractivity contribution in [2.24, 2.45) is 17.8 Å². The van der Waals surface area contributed by atoms with Crippen LogP contribution < -0.4 is 10.2 Å². The molecule has 1 aromatic carbocycles. The number of aromatic nitrogens is 2. The molecule has 1 saturated carbocycles. The van der Waals surface area contributed by atoms with E-state index in [1.807, 2.05) is 25.3 Å². The van der Waals surface area contributed by atoms with Crippen molar-refractivity contribution in [2.75, 3.05) is 43.0 Å². The lowest BCUT2D eigenvalue weighted by Crippen LogP contribution is -2.56. The van der Waals surface area contributed by atoms with Crippen LogP contribution in [0.5, 0.6) is 0 Å². The molecule has 1 aliphatic carbocycles. The summed E-state index contributed by atoms with van der Waals surface area (Å²) < 4.78 is 0. The second-order valence-corrected chi connectivity index (χ2v) is 11.3. The summed E-state index contributed by atoms with van der Waals surface area (Å²) in [5, 5.41) is 14.1. The van der Waals surface area contributed by atoms with Crippen LogP contribution in [0.2, 0.25) is 10.0 Å². The van der Waals surface area contributed by atoms with Crippen molar-refractivity contribution in [2.45, 2.75) is 51.6 Å². The van der Waals surface area contributed by atoms with E-state index in [-0.39, 0.29) is 6.04 Å². The van der Waals surface area contributed by atoms with Crippen molar-refractivity contribution in [3.8, 4) is 0 Å². The Morgan fingerprint density at radius 2 is 1.97 bits per heavy atom. The number of halogens is 2. The molecule has 3 aliphatic rings. The van der Waals surface area contributed by atoms with Gasteiger partial charge in [-0.1, -0.05) is 29.3 Å². The Kier molecular flexibility index (Phi) is 7.22. The predicted octanol–water partition coefficient (Wildman–Crippen LogP) is 5.18. The van der Waals surface area contributed by atoms with Crippen LogP contribution in [0.3, 0.4) is 0 Å². The number of hydrogen-bond donors (Lipinski definition) is 2. The van der Waals surface area contributed by atoms with Gasteiger partial charge in [-0.15, -0.1) is 0 Å².